The molecule has 0 fully saturated rings. The van der Waals surface area contributed by atoms with Crippen LogP contribution in [0.2, 0.25) is 0 Å². The molecule has 0 heterocycles. The molecule has 7 nitrogen and oxygen atoms in total. The summed E-state index contributed by atoms with van der Waals surface area (Å²) in [5, 5.41) is 1.50. The Hall–Kier alpha value is -0.860. The lowest BCUT2D eigenvalue weighted by atomic mass is 10.5. The number of allylic oxidation sites excluding steroid dienone is 1. The van der Waals surface area contributed by atoms with Gasteiger partial charge in [-0.3, -0.25) is 0 Å². The average molecular weight is 277 g/mol. The van der Waals surface area contributed by atoms with Crippen LogP contribution < -0.4 is 11.6 Å². The Morgan fingerprint density at radius 1 is 0.947 bits per heavy atom. The first-order valence-corrected chi connectivity index (χ1v) is 6.34. The summed E-state index contributed by atoms with van der Waals surface area (Å²) < 4.78 is 20.8. The zero-order chi connectivity index (χ0) is 14.3. The third kappa shape index (κ3) is 15.1. The van der Waals surface area contributed by atoms with Gasteiger partial charge in [0.05, 0.1) is 52.8 Å². The van der Waals surface area contributed by atoms with Gasteiger partial charge in [-0.2, -0.15) is 0 Å². The molecule has 0 radical (unpaired) electrons. The van der Waals surface area contributed by atoms with Crippen molar-refractivity contribution < 1.29 is 18.9 Å². The van der Waals surface area contributed by atoms with Crippen LogP contribution in [0.5, 0.6) is 0 Å². The van der Waals surface area contributed by atoms with Gasteiger partial charge in [0, 0.05) is 19.0 Å². The molecule has 0 atom stereocenters. The molecule has 19 heavy (non-hydrogen) atoms. The minimum atomic E-state index is 0.536. The molecule has 114 valence electrons. The van der Waals surface area contributed by atoms with Crippen LogP contribution in [0.4, 0.5) is 0 Å². The highest BCUT2D eigenvalue weighted by Crippen LogP contribution is 1.86. The Balaban J connectivity index is 3.13. The number of nitrogens with zero attached hydrogens (tertiary/aromatic N) is 1. The molecule has 0 saturated heterocycles. The van der Waals surface area contributed by atoms with Gasteiger partial charge in [0.2, 0.25) is 0 Å². The Morgan fingerprint density at radius 2 is 1.42 bits per heavy atom. The normalized spacial score (nSPS) is 11.8. The van der Waals surface area contributed by atoms with Gasteiger partial charge in [-0.05, 0) is 6.92 Å². The first kappa shape index (κ1) is 18.1. The third-order valence-electron chi connectivity index (χ3n) is 2.04. The smallest absolute Gasteiger partial charge is 0.0701 e. The van der Waals surface area contributed by atoms with Crippen LogP contribution in [0.1, 0.15) is 6.92 Å². The molecule has 0 aromatic heterocycles. The van der Waals surface area contributed by atoms with E-state index in [1.54, 1.807) is 20.2 Å². The first-order chi connectivity index (χ1) is 9.16. The number of rotatable bonds is 13. The van der Waals surface area contributed by atoms with Crippen LogP contribution >= 0.6 is 0 Å². The van der Waals surface area contributed by atoms with E-state index in [9.17, 15) is 0 Å². The van der Waals surface area contributed by atoms with E-state index in [0.717, 1.165) is 0 Å². The molecule has 4 N–H and O–H groups in total. The Bertz CT molecular complexity index is 223. The van der Waals surface area contributed by atoms with Crippen molar-refractivity contribution in [3.63, 3.8) is 0 Å². The number of hydrazine groups is 1. The molecule has 7 heteroatoms. The molecule has 0 aliphatic rings. The molecular weight excluding hydrogens is 250 g/mol. The maximum absolute atomic E-state index is 5.63. The van der Waals surface area contributed by atoms with Crippen molar-refractivity contribution in [3.05, 3.63) is 11.9 Å². The van der Waals surface area contributed by atoms with Gasteiger partial charge < -0.3 is 29.7 Å². The number of nitrogens with two attached hydrogens (primary N) is 2. The first-order valence-electron chi connectivity index (χ1n) is 6.34. The quantitative estimate of drug-likeness (QED) is 0.271. The zero-order valence-electron chi connectivity index (χ0n) is 12.0. The van der Waals surface area contributed by atoms with Crippen molar-refractivity contribution in [1.82, 2.24) is 5.01 Å². The van der Waals surface area contributed by atoms with E-state index >= 15 is 0 Å². The highest BCUT2D eigenvalue weighted by molar-refractivity contribution is 4.89. The standard InChI is InChI=1S/C12H27N3O4/c1-12(13)11-15(14)3-4-17-7-8-19-10-9-18-6-5-16-2/h11H,3-10,13-14H2,1-2H3/b12-11-. The SMILES string of the molecule is COCCOCCOCCOCCN(N)/C=C(/C)N. The number of hydrogen-bond acceptors (Lipinski definition) is 7. The maximum Gasteiger partial charge on any atom is 0.0701 e. The minimum Gasteiger partial charge on any atom is -0.401 e. The van der Waals surface area contributed by atoms with Gasteiger partial charge in [-0.25, -0.2) is 5.84 Å². The lowest BCUT2D eigenvalue weighted by Crippen LogP contribution is -2.30. The van der Waals surface area contributed by atoms with Crippen molar-refractivity contribution in [3.8, 4) is 0 Å². The molecule has 0 amide bonds. The summed E-state index contributed by atoms with van der Waals surface area (Å²) in [6, 6.07) is 0. The van der Waals surface area contributed by atoms with Crippen LogP contribution in [-0.4, -0.2) is 64.9 Å². The fourth-order valence-corrected chi connectivity index (χ4v) is 1.18. The number of methoxy groups -OCH3 is 1. The van der Waals surface area contributed by atoms with Crippen molar-refractivity contribution in [2.24, 2.45) is 11.6 Å². The Kier molecular flexibility index (Phi) is 13.0. The van der Waals surface area contributed by atoms with Crippen LogP contribution in [0.15, 0.2) is 11.9 Å². The molecule has 0 aromatic carbocycles. The van der Waals surface area contributed by atoms with E-state index in [2.05, 4.69) is 0 Å². The van der Waals surface area contributed by atoms with Gasteiger partial charge in [0.1, 0.15) is 0 Å². The Morgan fingerprint density at radius 3 is 1.89 bits per heavy atom. The van der Waals surface area contributed by atoms with Gasteiger partial charge in [0.25, 0.3) is 0 Å². The molecule has 0 bridgehead atoms. The van der Waals surface area contributed by atoms with E-state index in [1.165, 1.54) is 5.01 Å². The van der Waals surface area contributed by atoms with Crippen LogP contribution in [0.3, 0.4) is 0 Å². The van der Waals surface area contributed by atoms with E-state index < -0.39 is 0 Å². The lowest BCUT2D eigenvalue weighted by Gasteiger charge is -2.14. The van der Waals surface area contributed by atoms with Gasteiger partial charge in [-0.1, -0.05) is 0 Å². The van der Waals surface area contributed by atoms with Gasteiger partial charge in [-0.15, -0.1) is 0 Å². The third-order valence-corrected chi connectivity index (χ3v) is 2.04. The van der Waals surface area contributed by atoms with Crippen molar-refractivity contribution in [1.29, 1.82) is 0 Å². The summed E-state index contributed by atoms with van der Waals surface area (Å²) in [4.78, 5) is 0. The molecule has 0 unspecified atom stereocenters. The summed E-state index contributed by atoms with van der Waals surface area (Å²) >= 11 is 0. The predicted octanol–water partition coefficient (Wildman–Crippen LogP) is -0.322. The highest BCUT2D eigenvalue weighted by Gasteiger charge is 1.94. The number of hydrogen-bond donors (Lipinski definition) is 2. The van der Waals surface area contributed by atoms with E-state index in [4.69, 9.17) is 30.5 Å². The van der Waals surface area contributed by atoms with Crippen LogP contribution in [0.25, 0.3) is 0 Å². The number of ether oxygens (including phenoxy) is 4. The summed E-state index contributed by atoms with van der Waals surface area (Å²) in [5.41, 5.74) is 6.15. The average Bonchev–Trinajstić information content (AvgIpc) is 2.35. The second kappa shape index (κ2) is 13.6. The monoisotopic (exact) mass is 277 g/mol. The molecule has 0 spiro atoms. The van der Waals surface area contributed by atoms with Gasteiger partial charge in [0.15, 0.2) is 0 Å². The molecular formula is C12H27N3O4. The van der Waals surface area contributed by atoms with E-state index in [1.807, 2.05) is 0 Å². The molecule has 0 aliphatic heterocycles. The second-order valence-electron chi connectivity index (χ2n) is 3.94. The second-order valence-corrected chi connectivity index (χ2v) is 3.94. The van der Waals surface area contributed by atoms with E-state index in [0.29, 0.717) is 58.5 Å². The fraction of sp³-hybridized carbons (Fsp3) is 0.833. The van der Waals surface area contributed by atoms with Crippen LogP contribution in [0, 0.1) is 0 Å². The summed E-state index contributed by atoms with van der Waals surface area (Å²) in [7, 11) is 1.64. The zero-order valence-corrected chi connectivity index (χ0v) is 12.0. The lowest BCUT2D eigenvalue weighted by molar-refractivity contribution is 0.00214. The largest absolute Gasteiger partial charge is 0.401 e. The van der Waals surface area contributed by atoms with Crippen molar-refractivity contribution in [2.45, 2.75) is 6.92 Å². The molecule has 0 aliphatic carbocycles. The van der Waals surface area contributed by atoms with Crippen molar-refractivity contribution >= 4 is 0 Å². The molecule has 0 aromatic rings. The minimum absolute atomic E-state index is 0.536. The Labute approximate surface area is 115 Å². The maximum atomic E-state index is 5.63. The van der Waals surface area contributed by atoms with Crippen LogP contribution in [-0.2, 0) is 18.9 Å². The topological polar surface area (TPSA) is 92.2 Å². The highest BCUT2D eigenvalue weighted by atomic mass is 16.6. The fourth-order valence-electron chi connectivity index (χ4n) is 1.18. The summed E-state index contributed by atoms with van der Waals surface area (Å²) in [5.74, 6) is 5.63. The molecule has 0 rings (SSSR count). The van der Waals surface area contributed by atoms with Crippen molar-refractivity contribution in [2.75, 3.05) is 59.9 Å². The predicted molar refractivity (Wildman–Crippen MR) is 73.2 cm³/mol. The summed E-state index contributed by atoms with van der Waals surface area (Å²) in [6.07, 6.45) is 1.66. The van der Waals surface area contributed by atoms with Gasteiger partial charge >= 0.3 is 0 Å². The molecule has 0 saturated carbocycles. The van der Waals surface area contributed by atoms with E-state index in [-0.39, 0.29) is 0 Å². The summed E-state index contributed by atoms with van der Waals surface area (Å²) in [6.45, 7) is 6.32.